The fourth-order valence-corrected chi connectivity index (χ4v) is 2.31. The van der Waals surface area contributed by atoms with E-state index in [2.05, 4.69) is 10.6 Å². The molecule has 112 valence electrons. The third-order valence-corrected chi connectivity index (χ3v) is 3.36. The SMILES string of the molecule is Cl.O=C(Cc1cccc(F)c1F)NCC[C@H]1CCCN1. The van der Waals surface area contributed by atoms with Crippen LogP contribution in [0, 0.1) is 11.6 Å². The fourth-order valence-electron chi connectivity index (χ4n) is 2.31. The van der Waals surface area contributed by atoms with E-state index in [4.69, 9.17) is 0 Å². The number of rotatable bonds is 5. The largest absolute Gasteiger partial charge is 0.356 e. The van der Waals surface area contributed by atoms with Crippen molar-refractivity contribution in [1.29, 1.82) is 0 Å². The standard InChI is InChI=1S/C14H18F2N2O.ClH/c15-12-5-1-3-10(14(12)16)9-13(19)18-8-6-11-4-2-7-17-11;/h1,3,5,11,17H,2,4,6-9H2,(H,18,19);1H/t11-;/m1./s1. The average Bonchev–Trinajstić information content (AvgIpc) is 2.88. The third kappa shape index (κ3) is 4.72. The molecule has 0 unspecified atom stereocenters. The lowest BCUT2D eigenvalue weighted by atomic mass is 10.1. The van der Waals surface area contributed by atoms with Crippen LogP contribution in [0.3, 0.4) is 0 Å². The Morgan fingerprint density at radius 3 is 2.90 bits per heavy atom. The van der Waals surface area contributed by atoms with Gasteiger partial charge in [0, 0.05) is 18.2 Å². The first-order chi connectivity index (χ1) is 9.16. The summed E-state index contributed by atoms with van der Waals surface area (Å²) in [6.45, 7) is 1.60. The summed E-state index contributed by atoms with van der Waals surface area (Å²) in [5, 5.41) is 6.07. The van der Waals surface area contributed by atoms with Crippen LogP contribution < -0.4 is 10.6 Å². The third-order valence-electron chi connectivity index (χ3n) is 3.36. The van der Waals surface area contributed by atoms with Crippen LogP contribution in [0.4, 0.5) is 8.78 Å². The van der Waals surface area contributed by atoms with Crippen molar-refractivity contribution < 1.29 is 13.6 Å². The van der Waals surface area contributed by atoms with Crippen molar-refractivity contribution in [2.45, 2.75) is 31.7 Å². The molecular weight excluding hydrogens is 286 g/mol. The first-order valence-corrected chi connectivity index (χ1v) is 6.60. The van der Waals surface area contributed by atoms with E-state index in [1.807, 2.05) is 0 Å². The van der Waals surface area contributed by atoms with Crippen molar-refractivity contribution in [2.24, 2.45) is 0 Å². The highest BCUT2D eigenvalue weighted by Gasteiger charge is 2.14. The zero-order valence-corrected chi connectivity index (χ0v) is 11.9. The summed E-state index contributed by atoms with van der Waals surface area (Å²) in [4.78, 5) is 11.6. The van der Waals surface area contributed by atoms with Crippen LogP contribution in [0.1, 0.15) is 24.8 Å². The van der Waals surface area contributed by atoms with Gasteiger partial charge in [0.1, 0.15) is 0 Å². The lowest BCUT2D eigenvalue weighted by Gasteiger charge is -2.11. The van der Waals surface area contributed by atoms with Crippen molar-refractivity contribution in [1.82, 2.24) is 10.6 Å². The number of halogens is 3. The lowest BCUT2D eigenvalue weighted by Crippen LogP contribution is -2.31. The quantitative estimate of drug-likeness (QED) is 0.875. The van der Waals surface area contributed by atoms with Crippen LogP contribution in [0.15, 0.2) is 18.2 Å². The molecule has 1 aromatic rings. The zero-order valence-electron chi connectivity index (χ0n) is 11.1. The molecule has 1 fully saturated rings. The van der Waals surface area contributed by atoms with Gasteiger partial charge >= 0.3 is 0 Å². The van der Waals surface area contributed by atoms with Crippen LogP contribution in [0.2, 0.25) is 0 Å². The Kier molecular flexibility index (Phi) is 6.88. The molecule has 0 aliphatic carbocycles. The Hall–Kier alpha value is -1.20. The normalized spacial score (nSPS) is 17.6. The molecule has 20 heavy (non-hydrogen) atoms. The van der Waals surface area contributed by atoms with Gasteiger partial charge in [0.2, 0.25) is 5.91 Å². The van der Waals surface area contributed by atoms with Crippen molar-refractivity contribution in [2.75, 3.05) is 13.1 Å². The molecule has 0 radical (unpaired) electrons. The molecule has 1 atom stereocenters. The number of benzene rings is 1. The smallest absolute Gasteiger partial charge is 0.224 e. The topological polar surface area (TPSA) is 41.1 Å². The van der Waals surface area contributed by atoms with Gasteiger partial charge in [0.05, 0.1) is 6.42 Å². The van der Waals surface area contributed by atoms with Gasteiger partial charge in [-0.1, -0.05) is 12.1 Å². The van der Waals surface area contributed by atoms with E-state index < -0.39 is 11.6 Å². The predicted molar refractivity (Wildman–Crippen MR) is 76.0 cm³/mol. The van der Waals surface area contributed by atoms with Gasteiger partial charge in [-0.15, -0.1) is 12.4 Å². The van der Waals surface area contributed by atoms with E-state index in [9.17, 15) is 13.6 Å². The molecule has 0 saturated carbocycles. The summed E-state index contributed by atoms with van der Waals surface area (Å²) in [6, 6.07) is 4.34. The maximum absolute atomic E-state index is 13.4. The number of hydrogen-bond donors (Lipinski definition) is 2. The van der Waals surface area contributed by atoms with Crippen LogP contribution in [0.25, 0.3) is 0 Å². The molecule has 1 heterocycles. The highest BCUT2D eigenvalue weighted by Crippen LogP contribution is 2.12. The van der Waals surface area contributed by atoms with Gasteiger partial charge in [-0.3, -0.25) is 4.79 Å². The molecule has 1 saturated heterocycles. The Labute approximate surface area is 123 Å². The molecule has 2 rings (SSSR count). The Bertz CT molecular complexity index is 451. The van der Waals surface area contributed by atoms with Crippen LogP contribution in [-0.2, 0) is 11.2 Å². The average molecular weight is 305 g/mol. The second-order valence-electron chi connectivity index (χ2n) is 4.82. The second kappa shape index (κ2) is 8.17. The summed E-state index contributed by atoms with van der Waals surface area (Å²) >= 11 is 0. The molecule has 1 aliphatic heterocycles. The number of hydrogen-bond acceptors (Lipinski definition) is 2. The van der Waals surface area contributed by atoms with Crippen molar-refractivity contribution in [3.05, 3.63) is 35.4 Å². The maximum Gasteiger partial charge on any atom is 0.224 e. The van der Waals surface area contributed by atoms with Gasteiger partial charge in [-0.2, -0.15) is 0 Å². The summed E-state index contributed by atoms with van der Waals surface area (Å²) < 4.78 is 26.3. The molecule has 0 spiro atoms. The maximum atomic E-state index is 13.4. The fraction of sp³-hybridized carbons (Fsp3) is 0.500. The first kappa shape index (κ1) is 16.9. The minimum Gasteiger partial charge on any atom is -0.356 e. The molecule has 6 heteroatoms. The highest BCUT2D eigenvalue weighted by molar-refractivity contribution is 5.85. The molecule has 0 aromatic heterocycles. The van der Waals surface area contributed by atoms with E-state index in [0.717, 1.165) is 25.5 Å². The monoisotopic (exact) mass is 304 g/mol. The molecule has 3 nitrogen and oxygen atoms in total. The number of carbonyl (C=O) groups excluding carboxylic acids is 1. The number of carbonyl (C=O) groups is 1. The number of amides is 1. The molecular formula is C14H19ClF2N2O. The van der Waals surface area contributed by atoms with Gasteiger partial charge in [-0.05, 0) is 31.9 Å². The molecule has 2 N–H and O–H groups in total. The molecule has 1 amide bonds. The van der Waals surface area contributed by atoms with Gasteiger partial charge in [0.25, 0.3) is 0 Å². The molecule has 1 aliphatic rings. The van der Waals surface area contributed by atoms with Crippen LogP contribution in [-0.4, -0.2) is 25.0 Å². The van der Waals surface area contributed by atoms with Gasteiger partial charge < -0.3 is 10.6 Å². The Balaban J connectivity index is 0.00000200. The summed E-state index contributed by atoms with van der Waals surface area (Å²) in [5.41, 5.74) is 0.0940. The van der Waals surface area contributed by atoms with E-state index in [-0.39, 0.29) is 30.3 Å². The van der Waals surface area contributed by atoms with E-state index in [1.165, 1.54) is 18.6 Å². The minimum atomic E-state index is -0.935. The van der Waals surface area contributed by atoms with Crippen molar-refractivity contribution >= 4 is 18.3 Å². The molecule has 0 bridgehead atoms. The van der Waals surface area contributed by atoms with Gasteiger partial charge in [-0.25, -0.2) is 8.78 Å². The van der Waals surface area contributed by atoms with E-state index in [1.54, 1.807) is 0 Å². The van der Waals surface area contributed by atoms with Crippen LogP contribution in [0.5, 0.6) is 0 Å². The predicted octanol–water partition coefficient (Wildman–Crippen LogP) is 2.19. The minimum absolute atomic E-state index is 0. The van der Waals surface area contributed by atoms with Gasteiger partial charge in [0.15, 0.2) is 11.6 Å². The van der Waals surface area contributed by atoms with Crippen molar-refractivity contribution in [3.8, 4) is 0 Å². The van der Waals surface area contributed by atoms with Crippen molar-refractivity contribution in [3.63, 3.8) is 0 Å². The van der Waals surface area contributed by atoms with E-state index >= 15 is 0 Å². The van der Waals surface area contributed by atoms with E-state index in [0.29, 0.717) is 12.6 Å². The zero-order chi connectivity index (χ0) is 13.7. The number of nitrogens with one attached hydrogen (secondary N) is 2. The summed E-state index contributed by atoms with van der Waals surface area (Å²) in [6.07, 6.45) is 3.06. The van der Waals surface area contributed by atoms with Crippen LogP contribution >= 0.6 is 12.4 Å². The summed E-state index contributed by atoms with van der Waals surface area (Å²) in [5.74, 6) is -2.13. The lowest BCUT2D eigenvalue weighted by molar-refractivity contribution is -0.120. The highest BCUT2D eigenvalue weighted by atomic mass is 35.5. The first-order valence-electron chi connectivity index (χ1n) is 6.60. The molecule has 1 aromatic carbocycles. The second-order valence-corrected chi connectivity index (χ2v) is 4.82. The Morgan fingerprint density at radius 2 is 2.20 bits per heavy atom. The summed E-state index contributed by atoms with van der Waals surface area (Å²) in [7, 11) is 0. The Morgan fingerprint density at radius 1 is 1.40 bits per heavy atom.